The molecule has 1 aliphatic rings. The van der Waals surface area contributed by atoms with Crippen molar-refractivity contribution in [1.29, 1.82) is 0 Å². The lowest BCUT2D eigenvalue weighted by Crippen LogP contribution is -2.50. The number of piperazine rings is 1. The molecule has 0 spiro atoms. The smallest absolute Gasteiger partial charge is 0.241 e. The van der Waals surface area contributed by atoms with Crippen LogP contribution in [0.25, 0.3) is 11.6 Å². The van der Waals surface area contributed by atoms with Gasteiger partial charge in [-0.25, -0.2) is 4.98 Å². The van der Waals surface area contributed by atoms with Crippen molar-refractivity contribution in [2.75, 3.05) is 32.8 Å². The summed E-state index contributed by atoms with van der Waals surface area (Å²) in [4.78, 5) is 12.9. The number of H-pyrrole nitrogens is 1. The van der Waals surface area contributed by atoms with E-state index in [1.54, 1.807) is 0 Å². The maximum Gasteiger partial charge on any atom is 0.241 e. The average molecular weight is 307 g/mol. The van der Waals surface area contributed by atoms with Crippen LogP contribution >= 0.6 is 0 Å². The van der Waals surface area contributed by atoms with E-state index in [2.05, 4.69) is 42.0 Å². The Labute approximate surface area is 128 Å². The lowest BCUT2D eigenvalue weighted by atomic mass is 10.1. The zero-order valence-corrected chi connectivity index (χ0v) is 12.6. The zero-order chi connectivity index (χ0) is 15.4. The molecule has 0 aliphatic carbocycles. The number of aliphatic hydroxyl groups excluding tert-OH is 1. The molecule has 3 rings (SSSR count). The van der Waals surface area contributed by atoms with Crippen LogP contribution in [0, 0.1) is 0 Å². The maximum absolute atomic E-state index is 9.37. The second-order valence-corrected chi connectivity index (χ2v) is 5.40. The summed E-state index contributed by atoms with van der Waals surface area (Å²) in [6.45, 7) is 6.71. The quantitative estimate of drug-likeness (QED) is 0.752. The zero-order valence-electron chi connectivity index (χ0n) is 12.6. The molecule has 1 atom stereocenters. The number of hydrogen-bond donors (Lipinski definition) is 2. The Kier molecular flexibility index (Phi) is 4.76. The predicted octanol–water partition coefficient (Wildman–Crippen LogP) is -0.257. The van der Waals surface area contributed by atoms with Crippen LogP contribution in [0.4, 0.5) is 0 Å². The molecule has 2 aromatic heterocycles. The molecule has 1 fully saturated rings. The summed E-state index contributed by atoms with van der Waals surface area (Å²) in [5.41, 5.74) is 0. The van der Waals surface area contributed by atoms with Crippen molar-refractivity contribution in [2.45, 2.75) is 25.9 Å². The van der Waals surface area contributed by atoms with Crippen molar-refractivity contribution < 1.29 is 9.63 Å². The molecular formula is C13H21N7O2. The Morgan fingerprint density at radius 1 is 1.36 bits per heavy atom. The Hall–Kier alpha value is -1.84. The molecule has 9 heteroatoms. The first-order valence-electron chi connectivity index (χ1n) is 7.55. The fourth-order valence-corrected chi connectivity index (χ4v) is 2.71. The fraction of sp³-hybridized carbons (Fsp3) is 0.692. The first-order valence-corrected chi connectivity index (χ1v) is 7.55. The second kappa shape index (κ2) is 6.95. The van der Waals surface area contributed by atoms with Crippen LogP contribution in [0.2, 0.25) is 0 Å². The third kappa shape index (κ3) is 3.32. The third-order valence-corrected chi connectivity index (χ3v) is 4.06. The van der Waals surface area contributed by atoms with Crippen LogP contribution in [0.5, 0.6) is 0 Å². The van der Waals surface area contributed by atoms with Gasteiger partial charge in [-0.05, 0) is 6.42 Å². The number of aromatic amines is 1. The first kappa shape index (κ1) is 15.1. The lowest BCUT2D eigenvalue weighted by Gasteiger charge is -2.37. The average Bonchev–Trinajstić information content (AvgIpc) is 3.21. The minimum absolute atomic E-state index is 0.223. The van der Waals surface area contributed by atoms with E-state index in [0.29, 0.717) is 24.1 Å². The Balaban J connectivity index is 1.53. The van der Waals surface area contributed by atoms with Gasteiger partial charge in [0.15, 0.2) is 5.82 Å². The third-order valence-electron chi connectivity index (χ3n) is 4.06. The number of rotatable bonds is 6. The minimum atomic E-state index is 0.223. The van der Waals surface area contributed by atoms with Crippen molar-refractivity contribution in [3.8, 4) is 11.6 Å². The van der Waals surface area contributed by atoms with Gasteiger partial charge in [-0.15, -0.1) is 0 Å². The molecule has 0 saturated carbocycles. The van der Waals surface area contributed by atoms with E-state index in [-0.39, 0.29) is 12.6 Å². The van der Waals surface area contributed by atoms with Gasteiger partial charge in [0.05, 0.1) is 13.2 Å². The summed E-state index contributed by atoms with van der Waals surface area (Å²) in [5, 5.41) is 19.8. The van der Waals surface area contributed by atoms with E-state index in [0.717, 1.165) is 32.6 Å². The molecule has 2 N–H and O–H groups in total. The van der Waals surface area contributed by atoms with E-state index < -0.39 is 0 Å². The normalized spacial score (nSPS) is 18.6. The van der Waals surface area contributed by atoms with Crippen molar-refractivity contribution >= 4 is 0 Å². The van der Waals surface area contributed by atoms with Gasteiger partial charge in [-0.1, -0.05) is 12.1 Å². The highest BCUT2D eigenvalue weighted by atomic mass is 16.5. The SMILES string of the molecule is CCC(CO)N1CCN(Cc2nc(-c3ncn[nH]3)no2)CC1. The Bertz CT molecular complexity index is 559. The topological polar surface area (TPSA) is 107 Å². The van der Waals surface area contributed by atoms with E-state index in [1.807, 2.05) is 0 Å². The van der Waals surface area contributed by atoms with Gasteiger partial charge in [0.2, 0.25) is 11.7 Å². The Morgan fingerprint density at radius 3 is 2.82 bits per heavy atom. The molecule has 0 aromatic carbocycles. The van der Waals surface area contributed by atoms with Gasteiger partial charge < -0.3 is 9.63 Å². The molecule has 0 amide bonds. The monoisotopic (exact) mass is 307 g/mol. The van der Waals surface area contributed by atoms with Crippen molar-refractivity contribution in [3.05, 3.63) is 12.2 Å². The lowest BCUT2D eigenvalue weighted by molar-refractivity contribution is 0.0568. The number of aromatic nitrogens is 5. The predicted molar refractivity (Wildman–Crippen MR) is 77.7 cm³/mol. The number of hydrogen-bond acceptors (Lipinski definition) is 8. The van der Waals surface area contributed by atoms with Crippen LogP contribution in [-0.2, 0) is 6.54 Å². The van der Waals surface area contributed by atoms with Gasteiger partial charge in [-0.2, -0.15) is 10.1 Å². The number of nitrogens with one attached hydrogen (secondary N) is 1. The molecule has 120 valence electrons. The van der Waals surface area contributed by atoms with Gasteiger partial charge in [-0.3, -0.25) is 14.9 Å². The van der Waals surface area contributed by atoms with Crippen molar-refractivity contribution in [2.24, 2.45) is 0 Å². The second-order valence-electron chi connectivity index (χ2n) is 5.40. The van der Waals surface area contributed by atoms with Crippen LogP contribution < -0.4 is 0 Å². The first-order chi connectivity index (χ1) is 10.8. The molecule has 3 heterocycles. The van der Waals surface area contributed by atoms with Gasteiger partial charge >= 0.3 is 0 Å². The molecule has 2 aromatic rings. The summed E-state index contributed by atoms with van der Waals surface area (Å²) < 4.78 is 5.26. The molecule has 0 bridgehead atoms. The summed E-state index contributed by atoms with van der Waals surface area (Å²) in [6, 6.07) is 0.267. The van der Waals surface area contributed by atoms with Crippen LogP contribution in [0.15, 0.2) is 10.9 Å². The molecule has 22 heavy (non-hydrogen) atoms. The van der Waals surface area contributed by atoms with Crippen LogP contribution in [-0.4, -0.2) is 79.1 Å². The van der Waals surface area contributed by atoms with Gasteiger partial charge in [0.1, 0.15) is 6.33 Å². The minimum Gasteiger partial charge on any atom is -0.395 e. The molecule has 1 aliphatic heterocycles. The van der Waals surface area contributed by atoms with Crippen molar-refractivity contribution in [1.82, 2.24) is 35.1 Å². The van der Waals surface area contributed by atoms with Crippen molar-refractivity contribution in [3.63, 3.8) is 0 Å². The molecule has 1 saturated heterocycles. The highest BCUT2D eigenvalue weighted by Crippen LogP contribution is 2.13. The van der Waals surface area contributed by atoms with Crippen LogP contribution in [0.3, 0.4) is 0 Å². The summed E-state index contributed by atoms with van der Waals surface area (Å²) >= 11 is 0. The molecular weight excluding hydrogens is 286 g/mol. The fourth-order valence-electron chi connectivity index (χ4n) is 2.71. The van der Waals surface area contributed by atoms with Crippen LogP contribution in [0.1, 0.15) is 19.2 Å². The van der Waals surface area contributed by atoms with E-state index in [9.17, 15) is 5.11 Å². The summed E-state index contributed by atoms with van der Waals surface area (Å²) in [7, 11) is 0. The molecule has 9 nitrogen and oxygen atoms in total. The van der Waals surface area contributed by atoms with Gasteiger partial charge in [0.25, 0.3) is 0 Å². The van der Waals surface area contributed by atoms with E-state index in [4.69, 9.17) is 4.52 Å². The summed E-state index contributed by atoms with van der Waals surface area (Å²) in [6.07, 6.45) is 2.39. The highest BCUT2D eigenvalue weighted by molar-refractivity contribution is 5.39. The molecule has 0 radical (unpaired) electrons. The largest absolute Gasteiger partial charge is 0.395 e. The number of aliphatic hydroxyl groups is 1. The maximum atomic E-state index is 9.37. The number of nitrogens with zero attached hydrogens (tertiary/aromatic N) is 6. The van der Waals surface area contributed by atoms with Gasteiger partial charge in [0, 0.05) is 32.2 Å². The van der Waals surface area contributed by atoms with E-state index in [1.165, 1.54) is 6.33 Å². The molecule has 1 unspecified atom stereocenters. The Morgan fingerprint density at radius 2 is 2.18 bits per heavy atom. The summed E-state index contributed by atoms with van der Waals surface area (Å²) in [5.74, 6) is 1.51. The highest BCUT2D eigenvalue weighted by Gasteiger charge is 2.23. The van der Waals surface area contributed by atoms with E-state index >= 15 is 0 Å². The standard InChI is InChI=1S/C13H21N7O2/c1-2-10(8-21)20-5-3-19(4-6-20)7-11-16-13(18-22-11)12-14-9-15-17-12/h9-10,21H,2-8H2,1H3,(H,14,15,17).